The smallest absolute Gasteiger partial charge is 0.509 e. The van der Waals surface area contributed by atoms with Crippen molar-refractivity contribution >= 4 is 44.6 Å². The van der Waals surface area contributed by atoms with E-state index in [4.69, 9.17) is 9.72 Å². The van der Waals surface area contributed by atoms with Crippen molar-refractivity contribution in [2.45, 2.75) is 104 Å². The molecule has 0 saturated heterocycles. The first-order chi connectivity index (χ1) is 38.9. The van der Waals surface area contributed by atoms with Crippen LogP contribution in [0.4, 0.5) is 22.7 Å². The summed E-state index contributed by atoms with van der Waals surface area (Å²) in [4.78, 5) is 9.65. The van der Waals surface area contributed by atoms with Crippen LogP contribution in [-0.2, 0) is 37.3 Å². The van der Waals surface area contributed by atoms with Crippen molar-refractivity contribution in [3.8, 4) is 39.6 Å². The minimum atomic E-state index is -0.323. The Morgan fingerprint density at radius 1 is 0.470 bits per heavy atom. The number of para-hydroxylation sites is 1. The van der Waals surface area contributed by atoms with Gasteiger partial charge in [0.2, 0.25) is 0 Å². The summed E-state index contributed by atoms with van der Waals surface area (Å²) in [5, 5.41) is 2.21. The predicted molar refractivity (Wildman–Crippen MR) is 346 cm³/mol. The Kier molecular flexibility index (Phi) is 16.1. The molecule has 2 aromatic heterocycles. The van der Waals surface area contributed by atoms with Gasteiger partial charge in [0, 0.05) is 51.1 Å². The maximum Gasteiger partial charge on any atom is 4.00 e. The third-order valence-electron chi connectivity index (χ3n) is 16.8. The van der Waals surface area contributed by atoms with E-state index in [-0.39, 0.29) is 44.7 Å². The summed E-state index contributed by atoms with van der Waals surface area (Å²) < 4.78 is 9.27. The molecule has 11 aromatic rings. The van der Waals surface area contributed by atoms with Gasteiger partial charge in [-0.15, -0.1) is 53.6 Å². The molecule has 0 amide bonds. The van der Waals surface area contributed by atoms with Crippen molar-refractivity contribution < 1.29 is 25.8 Å². The molecule has 5 nitrogen and oxygen atoms in total. The molecule has 0 unspecified atom stereocenters. The van der Waals surface area contributed by atoms with Crippen molar-refractivity contribution in [2.24, 2.45) is 0 Å². The van der Waals surface area contributed by atoms with Gasteiger partial charge in [-0.2, -0.15) is 6.07 Å². The fourth-order valence-electron chi connectivity index (χ4n) is 11.9. The molecule has 9 aromatic carbocycles. The second-order valence-corrected chi connectivity index (χ2v) is 24.6. The molecule has 0 spiro atoms. The number of pyridine rings is 1. The Labute approximate surface area is 507 Å². The van der Waals surface area contributed by atoms with Crippen LogP contribution in [0.25, 0.3) is 49.9 Å². The molecule has 0 N–H and O–H groups in total. The van der Waals surface area contributed by atoms with Crippen LogP contribution in [-0.4, -0.2) is 9.55 Å². The Balaban J connectivity index is 0.00000385. The number of benzene rings is 9. The van der Waals surface area contributed by atoms with E-state index < -0.39 is 0 Å². The monoisotopic (exact) mass is 1270 g/mol. The number of fused-ring (bicyclic) bond motifs is 4. The maximum atomic E-state index is 7.05. The third kappa shape index (κ3) is 11.0. The molecule has 418 valence electrons. The standard InChI is InChI=1S/C76H71N4O.CH3.Pt/c1-50(2)64-31-23-32-65(51(3)4)73(64)53-34-37-69-71(42-53)79(61-44-58(75(8,9)55-26-17-13-18-27-55)43-59(45-61)76(10,11)56-28-19-14-20-29-56)49-78(69)60-40-54(52-24-15-12-16-25-52)41-63(47-60)81-62-35-36-67-66-30-21-22-33-68(66)80(70(67)48-62)72-46-57(38-39-77-72)74(5,6)7;;/h12-46,49-51H,1-11H3;1H3;/q-3;-1;+4. The van der Waals surface area contributed by atoms with E-state index in [9.17, 15) is 0 Å². The fraction of sp³-hybridized carbons (Fsp3) is 0.208. The summed E-state index contributed by atoms with van der Waals surface area (Å²) in [7, 11) is 0. The van der Waals surface area contributed by atoms with Gasteiger partial charge in [-0.3, -0.25) is 0 Å². The summed E-state index contributed by atoms with van der Waals surface area (Å²) in [6.45, 7) is 27.6. The van der Waals surface area contributed by atoms with E-state index in [1.807, 2.05) is 12.3 Å². The van der Waals surface area contributed by atoms with Crippen LogP contribution >= 0.6 is 0 Å². The van der Waals surface area contributed by atoms with Crippen LogP contribution in [0.2, 0.25) is 0 Å². The number of aromatic nitrogens is 2. The van der Waals surface area contributed by atoms with Crippen molar-refractivity contribution in [1.82, 2.24) is 9.55 Å². The van der Waals surface area contributed by atoms with Gasteiger partial charge in [0.15, 0.2) is 0 Å². The average Bonchev–Trinajstić information content (AvgIpc) is 3.29. The van der Waals surface area contributed by atoms with E-state index in [1.165, 1.54) is 50.1 Å². The number of anilines is 4. The van der Waals surface area contributed by atoms with Crippen LogP contribution < -0.4 is 14.5 Å². The topological polar surface area (TPSA) is 33.5 Å². The Morgan fingerprint density at radius 2 is 1.07 bits per heavy atom. The average molecular weight is 1270 g/mol. The van der Waals surface area contributed by atoms with Gasteiger partial charge in [-0.05, 0) is 121 Å². The van der Waals surface area contributed by atoms with E-state index >= 15 is 0 Å². The number of ether oxygens (including phenoxy) is 1. The summed E-state index contributed by atoms with van der Waals surface area (Å²) >= 11 is 0. The first-order valence-corrected chi connectivity index (χ1v) is 28.6. The zero-order valence-electron chi connectivity index (χ0n) is 50.0. The number of nitrogens with zero attached hydrogens (tertiary/aromatic N) is 4. The molecule has 0 aliphatic carbocycles. The minimum absolute atomic E-state index is 0. The molecule has 0 saturated carbocycles. The van der Waals surface area contributed by atoms with Gasteiger partial charge >= 0.3 is 21.1 Å². The Hall–Kier alpha value is -7.98. The molecule has 6 heteroatoms. The zero-order chi connectivity index (χ0) is 56.4. The maximum absolute atomic E-state index is 7.05. The Bertz CT molecular complexity index is 4020. The number of hydrogen-bond acceptors (Lipinski definition) is 4. The van der Waals surface area contributed by atoms with Crippen molar-refractivity contribution in [3.05, 3.63) is 278 Å². The number of hydrogen-bond donors (Lipinski definition) is 0. The van der Waals surface area contributed by atoms with Gasteiger partial charge in [-0.1, -0.05) is 221 Å². The molecular weight excluding hydrogens is 1190 g/mol. The quantitative estimate of drug-likeness (QED) is 0.108. The first kappa shape index (κ1) is 58.2. The molecule has 1 aliphatic heterocycles. The largest absolute Gasteiger partial charge is 4.00 e. The molecule has 0 fully saturated rings. The van der Waals surface area contributed by atoms with E-state index in [2.05, 4.69) is 310 Å². The third-order valence-corrected chi connectivity index (χ3v) is 16.8. The minimum Gasteiger partial charge on any atom is -0.509 e. The summed E-state index contributed by atoms with van der Waals surface area (Å²) in [5.41, 5.74) is 18.8. The molecule has 3 heterocycles. The van der Waals surface area contributed by atoms with Crippen LogP contribution in [0.3, 0.4) is 0 Å². The van der Waals surface area contributed by atoms with Crippen molar-refractivity contribution in [2.75, 3.05) is 9.80 Å². The van der Waals surface area contributed by atoms with Gasteiger partial charge in [0.05, 0.1) is 0 Å². The van der Waals surface area contributed by atoms with Crippen LogP contribution in [0.15, 0.2) is 212 Å². The van der Waals surface area contributed by atoms with Gasteiger partial charge in [0.25, 0.3) is 0 Å². The first-order valence-electron chi connectivity index (χ1n) is 28.6. The second kappa shape index (κ2) is 23.0. The SMILES string of the molecule is CC(C)c1cccc(C(C)C)c1-c1ccc2c(c1)N(c1cc(C(C)(C)c3ccccc3)cc(C(C)(C)c3ccccc3)c1)[CH-]N2c1[c-]c(Oc2[c-]c3c(cc2)c2ccccc2n3-c2cc(C(C)(C)C)ccn2)cc(-c2ccccc2)c1.[CH3-].[Pt+4]. The van der Waals surface area contributed by atoms with Gasteiger partial charge < -0.3 is 26.5 Å². The second-order valence-electron chi connectivity index (χ2n) is 24.6. The van der Waals surface area contributed by atoms with Crippen LogP contribution in [0.5, 0.6) is 11.5 Å². The number of rotatable bonds is 13. The normalized spacial score (nSPS) is 12.7. The summed E-state index contributed by atoms with van der Waals surface area (Å²) in [6.07, 6.45) is 1.91. The van der Waals surface area contributed by atoms with Gasteiger partial charge in [-0.25, -0.2) is 4.98 Å². The predicted octanol–water partition coefficient (Wildman–Crippen LogP) is 21.0. The van der Waals surface area contributed by atoms with Gasteiger partial charge in [0.1, 0.15) is 5.82 Å². The zero-order valence-corrected chi connectivity index (χ0v) is 52.2. The molecule has 0 bridgehead atoms. The van der Waals surface area contributed by atoms with Crippen molar-refractivity contribution in [3.63, 3.8) is 0 Å². The van der Waals surface area contributed by atoms with E-state index in [0.29, 0.717) is 23.3 Å². The van der Waals surface area contributed by atoms with E-state index in [0.717, 1.165) is 61.5 Å². The summed E-state index contributed by atoms with van der Waals surface area (Å²) in [5.74, 6) is 2.66. The molecule has 1 aliphatic rings. The molecule has 0 radical (unpaired) electrons. The van der Waals surface area contributed by atoms with Crippen molar-refractivity contribution in [1.29, 1.82) is 0 Å². The van der Waals surface area contributed by atoms with Crippen LogP contribution in [0, 0.1) is 26.2 Å². The van der Waals surface area contributed by atoms with E-state index in [1.54, 1.807) is 0 Å². The van der Waals surface area contributed by atoms with Crippen LogP contribution in [0.1, 0.15) is 127 Å². The fourth-order valence-corrected chi connectivity index (χ4v) is 11.9. The molecule has 83 heavy (non-hydrogen) atoms. The molecule has 12 rings (SSSR count). The Morgan fingerprint density at radius 3 is 1.69 bits per heavy atom. The molecule has 0 atom stereocenters. The summed E-state index contributed by atoms with van der Waals surface area (Å²) in [6, 6.07) is 82.5. The molecular formula is C77H74N4OPt.